The molecule has 8 heteroatoms. The minimum Gasteiger partial charge on any atom is -0.492 e. The molecule has 0 radical (unpaired) electrons. The van der Waals surface area contributed by atoms with E-state index in [-0.39, 0.29) is 17.2 Å². The highest BCUT2D eigenvalue weighted by atomic mass is 79.9. The highest BCUT2D eigenvalue weighted by Gasteiger charge is 2.28. The molecule has 1 aromatic rings. The lowest BCUT2D eigenvalue weighted by Gasteiger charge is -2.20. The molecule has 0 aliphatic rings. The van der Waals surface area contributed by atoms with Crippen molar-refractivity contribution in [1.82, 2.24) is 4.31 Å². The number of halogens is 1. The van der Waals surface area contributed by atoms with E-state index in [9.17, 15) is 13.2 Å². The highest BCUT2D eigenvalue weighted by molar-refractivity contribution is 9.10. The van der Waals surface area contributed by atoms with Crippen LogP contribution in [0.2, 0.25) is 0 Å². The summed E-state index contributed by atoms with van der Waals surface area (Å²) < 4.78 is 31.8. The summed E-state index contributed by atoms with van der Waals surface area (Å²) in [6.45, 7) is 3.12. The van der Waals surface area contributed by atoms with Crippen LogP contribution in [0.1, 0.15) is 13.8 Å². The van der Waals surface area contributed by atoms with Crippen LogP contribution < -0.4 is 4.74 Å². The maximum Gasteiger partial charge on any atom is 0.318 e. The average molecular weight is 366 g/mol. The van der Waals surface area contributed by atoms with E-state index in [4.69, 9.17) is 9.84 Å². The monoisotopic (exact) mass is 365 g/mol. The molecule has 6 nitrogen and oxygen atoms in total. The third-order valence-corrected chi connectivity index (χ3v) is 4.92. The largest absolute Gasteiger partial charge is 0.492 e. The van der Waals surface area contributed by atoms with Gasteiger partial charge in [0.25, 0.3) is 0 Å². The van der Waals surface area contributed by atoms with Gasteiger partial charge >= 0.3 is 5.97 Å². The molecule has 0 aliphatic carbocycles. The van der Waals surface area contributed by atoms with Gasteiger partial charge < -0.3 is 9.84 Å². The van der Waals surface area contributed by atoms with Crippen molar-refractivity contribution in [1.29, 1.82) is 0 Å². The van der Waals surface area contributed by atoms with Crippen LogP contribution in [0.15, 0.2) is 27.6 Å². The standard InChI is InChI=1S/C12H16BrNO5S/c1-3-14(8-12(15)16)20(17,18)11-7-9(13)5-6-10(11)19-4-2/h5-7H,3-4,8H2,1-2H3,(H,15,16). The van der Waals surface area contributed by atoms with Gasteiger partial charge in [0.05, 0.1) is 6.61 Å². The molecule has 0 atom stereocenters. The van der Waals surface area contributed by atoms with Crippen LogP contribution in [0.5, 0.6) is 5.75 Å². The number of carboxylic acids is 1. The average Bonchev–Trinajstić information content (AvgIpc) is 2.37. The molecule has 0 aliphatic heterocycles. The van der Waals surface area contributed by atoms with Gasteiger partial charge in [0.15, 0.2) is 0 Å². The van der Waals surface area contributed by atoms with Gasteiger partial charge in [-0.1, -0.05) is 22.9 Å². The molecule has 0 bridgehead atoms. The first-order valence-corrected chi connectivity index (χ1v) is 8.20. The topological polar surface area (TPSA) is 83.9 Å². The van der Waals surface area contributed by atoms with E-state index in [0.29, 0.717) is 11.1 Å². The maximum atomic E-state index is 12.5. The Bertz CT molecular complexity index is 588. The van der Waals surface area contributed by atoms with E-state index >= 15 is 0 Å². The van der Waals surface area contributed by atoms with Gasteiger partial charge in [-0.25, -0.2) is 8.42 Å². The number of sulfonamides is 1. The lowest BCUT2D eigenvalue weighted by molar-refractivity contribution is -0.137. The summed E-state index contributed by atoms with van der Waals surface area (Å²) in [5, 5.41) is 8.81. The van der Waals surface area contributed by atoms with Crippen LogP contribution in [0, 0.1) is 0 Å². The molecule has 0 heterocycles. The van der Waals surface area contributed by atoms with Crippen LogP contribution in [-0.2, 0) is 14.8 Å². The van der Waals surface area contributed by atoms with Gasteiger partial charge in [-0.15, -0.1) is 0 Å². The van der Waals surface area contributed by atoms with Gasteiger partial charge in [-0.3, -0.25) is 4.79 Å². The zero-order chi connectivity index (χ0) is 15.3. The van der Waals surface area contributed by atoms with Crippen molar-refractivity contribution in [2.24, 2.45) is 0 Å². The molecule has 0 spiro atoms. The second-order valence-electron chi connectivity index (χ2n) is 3.85. The Kier molecular flexibility index (Phi) is 5.97. The van der Waals surface area contributed by atoms with Crippen molar-refractivity contribution < 1.29 is 23.1 Å². The summed E-state index contributed by atoms with van der Waals surface area (Å²) >= 11 is 3.21. The second-order valence-corrected chi connectivity index (χ2v) is 6.67. The molecule has 0 unspecified atom stereocenters. The molecule has 112 valence electrons. The molecule has 0 fully saturated rings. The first kappa shape index (κ1) is 16.9. The van der Waals surface area contributed by atoms with E-state index in [1.54, 1.807) is 19.9 Å². The first-order chi connectivity index (χ1) is 9.32. The Morgan fingerprint density at radius 3 is 2.55 bits per heavy atom. The van der Waals surface area contributed by atoms with Crippen LogP contribution >= 0.6 is 15.9 Å². The van der Waals surface area contributed by atoms with Crippen LogP contribution in [-0.4, -0.2) is 43.5 Å². The molecular formula is C12H16BrNO5S. The minimum atomic E-state index is -3.92. The second kappa shape index (κ2) is 7.05. The number of hydrogen-bond donors (Lipinski definition) is 1. The van der Waals surface area contributed by atoms with Crippen molar-refractivity contribution in [3.63, 3.8) is 0 Å². The van der Waals surface area contributed by atoms with Gasteiger partial charge in [0.2, 0.25) is 10.0 Å². The molecule has 0 saturated heterocycles. The van der Waals surface area contributed by atoms with Gasteiger partial charge in [0.1, 0.15) is 17.2 Å². The number of rotatable bonds is 7. The fourth-order valence-electron chi connectivity index (χ4n) is 1.61. The van der Waals surface area contributed by atoms with E-state index in [0.717, 1.165) is 4.31 Å². The summed E-state index contributed by atoms with van der Waals surface area (Å²) in [5.41, 5.74) is 0. The van der Waals surface area contributed by atoms with Gasteiger partial charge in [-0.2, -0.15) is 4.31 Å². The summed E-state index contributed by atoms with van der Waals surface area (Å²) in [6, 6.07) is 4.61. The van der Waals surface area contributed by atoms with Crippen molar-refractivity contribution in [2.45, 2.75) is 18.7 Å². The predicted molar refractivity (Wildman–Crippen MR) is 77.4 cm³/mol. The fourth-order valence-corrected chi connectivity index (χ4v) is 3.68. The third kappa shape index (κ3) is 3.94. The summed E-state index contributed by atoms with van der Waals surface area (Å²) in [4.78, 5) is 10.7. The molecule has 1 rings (SSSR count). The maximum absolute atomic E-state index is 12.5. The zero-order valence-electron chi connectivity index (χ0n) is 11.2. The summed E-state index contributed by atoms with van der Waals surface area (Å²) in [5.74, 6) is -0.997. The van der Waals surface area contributed by atoms with Crippen molar-refractivity contribution in [3.05, 3.63) is 22.7 Å². The van der Waals surface area contributed by atoms with Crippen LogP contribution in [0.25, 0.3) is 0 Å². The number of carbonyl (C=O) groups is 1. The Morgan fingerprint density at radius 2 is 2.05 bits per heavy atom. The SMILES string of the molecule is CCOc1ccc(Br)cc1S(=O)(=O)N(CC)CC(=O)O. The van der Waals surface area contributed by atoms with Crippen molar-refractivity contribution >= 4 is 31.9 Å². The van der Waals surface area contributed by atoms with E-state index in [1.807, 2.05) is 0 Å². The molecule has 1 N–H and O–H groups in total. The smallest absolute Gasteiger partial charge is 0.318 e. The van der Waals surface area contributed by atoms with E-state index in [2.05, 4.69) is 15.9 Å². The van der Waals surface area contributed by atoms with Crippen LogP contribution in [0.4, 0.5) is 0 Å². The number of carboxylic acid groups (broad SMARTS) is 1. The number of ether oxygens (including phenoxy) is 1. The van der Waals surface area contributed by atoms with E-state index < -0.39 is 22.5 Å². The zero-order valence-corrected chi connectivity index (χ0v) is 13.6. The lowest BCUT2D eigenvalue weighted by Crippen LogP contribution is -2.35. The Morgan fingerprint density at radius 1 is 1.40 bits per heavy atom. The number of hydrogen-bond acceptors (Lipinski definition) is 4. The molecule has 0 aromatic heterocycles. The normalized spacial score (nSPS) is 11.6. The van der Waals surface area contributed by atoms with Gasteiger partial charge in [0, 0.05) is 11.0 Å². The van der Waals surface area contributed by atoms with E-state index in [1.165, 1.54) is 12.1 Å². The molecule has 1 aromatic carbocycles. The predicted octanol–water partition coefficient (Wildman–Crippen LogP) is 1.94. The lowest BCUT2D eigenvalue weighted by atomic mass is 10.3. The third-order valence-electron chi connectivity index (χ3n) is 2.49. The number of benzene rings is 1. The fraction of sp³-hybridized carbons (Fsp3) is 0.417. The molecule has 20 heavy (non-hydrogen) atoms. The quantitative estimate of drug-likeness (QED) is 0.797. The number of likely N-dealkylation sites (N-methyl/N-ethyl adjacent to an activating group) is 1. The Hall–Kier alpha value is -1.12. The highest BCUT2D eigenvalue weighted by Crippen LogP contribution is 2.29. The first-order valence-electron chi connectivity index (χ1n) is 5.97. The molecule has 0 saturated carbocycles. The van der Waals surface area contributed by atoms with Gasteiger partial charge in [-0.05, 0) is 25.1 Å². The minimum absolute atomic E-state index is 0.0446. The summed E-state index contributed by atoms with van der Waals surface area (Å²) in [7, 11) is -3.92. The van der Waals surface area contributed by atoms with Crippen molar-refractivity contribution in [2.75, 3.05) is 19.7 Å². The Balaban J connectivity index is 3.32. The molecule has 0 amide bonds. The van der Waals surface area contributed by atoms with Crippen molar-refractivity contribution in [3.8, 4) is 5.75 Å². The van der Waals surface area contributed by atoms with Crippen LogP contribution in [0.3, 0.4) is 0 Å². The number of aliphatic carboxylic acids is 1. The molecular weight excluding hydrogens is 350 g/mol. The Labute approximate surface area is 126 Å². The summed E-state index contributed by atoms with van der Waals surface area (Å²) in [6.07, 6.45) is 0. The number of nitrogens with zero attached hydrogens (tertiary/aromatic N) is 1.